The number of H-pyrrole nitrogens is 1. The first-order chi connectivity index (χ1) is 8.52. The number of hydrogen-bond donors (Lipinski definition) is 1. The van der Waals surface area contributed by atoms with Crippen molar-refractivity contribution >= 4 is 16.9 Å². The summed E-state index contributed by atoms with van der Waals surface area (Å²) >= 11 is 0. The Balaban J connectivity index is 0.00000180. The van der Waals surface area contributed by atoms with Gasteiger partial charge in [-0.05, 0) is 43.7 Å². The van der Waals surface area contributed by atoms with Crippen LogP contribution >= 0.6 is 0 Å². The second kappa shape index (κ2) is 6.62. The van der Waals surface area contributed by atoms with Crippen molar-refractivity contribution in [1.29, 1.82) is 0 Å². The Labute approximate surface area is 138 Å². The molecule has 1 aromatic carbocycles. The van der Waals surface area contributed by atoms with E-state index in [0.717, 1.165) is 11.1 Å². The van der Waals surface area contributed by atoms with Crippen LogP contribution in [-0.4, -0.2) is 16.5 Å². The van der Waals surface area contributed by atoms with Gasteiger partial charge in [-0.1, -0.05) is 0 Å². The maximum Gasteiger partial charge on any atom is 0.260 e. The normalized spacial score (nSPS) is 10.3. The smallest absolute Gasteiger partial charge is 0.260 e. The van der Waals surface area contributed by atoms with E-state index in [1.807, 2.05) is 26.0 Å². The second-order valence-electron chi connectivity index (χ2n) is 4.46. The molecule has 1 aromatic heterocycles. The first-order valence-corrected chi connectivity index (χ1v) is 5.91. The SMILES string of the molecule is [CH2-]CCN([CH2-])c1nc2cc(C)c(C)cc2c(=O)[nH]1.[Y]. The van der Waals surface area contributed by atoms with Gasteiger partial charge < -0.3 is 11.8 Å². The van der Waals surface area contributed by atoms with Crippen LogP contribution in [-0.2, 0) is 32.7 Å². The number of aromatic amines is 1. The van der Waals surface area contributed by atoms with Gasteiger partial charge in [0, 0.05) is 32.7 Å². The molecule has 99 valence electrons. The minimum Gasteiger partial charge on any atom is -0.497 e. The summed E-state index contributed by atoms with van der Waals surface area (Å²) in [7, 11) is 3.85. The first-order valence-electron chi connectivity index (χ1n) is 5.91. The Morgan fingerprint density at radius 3 is 2.58 bits per heavy atom. The average molecular weight is 332 g/mol. The molecule has 0 unspecified atom stereocenters. The van der Waals surface area contributed by atoms with Crippen molar-refractivity contribution in [3.63, 3.8) is 0 Å². The molecule has 1 radical (unpaired) electrons. The van der Waals surface area contributed by atoms with Crippen LogP contribution in [0.5, 0.6) is 0 Å². The fourth-order valence-electron chi connectivity index (χ4n) is 1.83. The molecule has 1 heterocycles. The monoisotopic (exact) mass is 332 g/mol. The van der Waals surface area contributed by atoms with Crippen molar-refractivity contribution < 1.29 is 32.7 Å². The molecule has 2 rings (SSSR count). The number of nitrogens with zero attached hydrogens (tertiary/aromatic N) is 2. The minimum atomic E-state index is -0.129. The van der Waals surface area contributed by atoms with Crippen molar-refractivity contribution in [3.05, 3.63) is 47.6 Å². The van der Waals surface area contributed by atoms with Crippen LogP contribution in [0.1, 0.15) is 17.5 Å². The van der Waals surface area contributed by atoms with Gasteiger partial charge in [0.25, 0.3) is 5.56 Å². The Kier molecular flexibility index (Phi) is 5.69. The summed E-state index contributed by atoms with van der Waals surface area (Å²) in [6.45, 7) is 8.41. The minimum absolute atomic E-state index is 0. The summed E-state index contributed by atoms with van der Waals surface area (Å²) in [5.74, 6) is 0.486. The van der Waals surface area contributed by atoms with Crippen LogP contribution in [0.2, 0.25) is 0 Å². The fourth-order valence-corrected chi connectivity index (χ4v) is 1.83. The summed E-state index contributed by atoms with van der Waals surface area (Å²) in [5.41, 5.74) is 2.79. The van der Waals surface area contributed by atoms with Crippen molar-refractivity contribution in [3.8, 4) is 0 Å². The number of aromatic nitrogens is 2. The Morgan fingerprint density at radius 1 is 1.32 bits per heavy atom. The summed E-state index contributed by atoms with van der Waals surface area (Å²) in [5, 5.41) is 0.616. The topological polar surface area (TPSA) is 49.0 Å². The van der Waals surface area contributed by atoms with Gasteiger partial charge in [-0.3, -0.25) is 16.8 Å². The van der Waals surface area contributed by atoms with Crippen molar-refractivity contribution in [2.24, 2.45) is 0 Å². The summed E-state index contributed by atoms with van der Waals surface area (Å²) in [6, 6.07) is 3.80. The van der Waals surface area contributed by atoms with Gasteiger partial charge in [-0.15, -0.1) is 0 Å². The van der Waals surface area contributed by atoms with Crippen molar-refractivity contribution in [2.75, 3.05) is 11.4 Å². The molecule has 0 aliphatic heterocycles. The van der Waals surface area contributed by atoms with Gasteiger partial charge in [0.15, 0.2) is 5.95 Å². The number of rotatable bonds is 3. The average Bonchev–Trinajstić information content (AvgIpc) is 2.32. The molecular formula is C14H17N3OY-2. The zero-order chi connectivity index (χ0) is 13.3. The molecule has 0 amide bonds. The van der Waals surface area contributed by atoms with Gasteiger partial charge >= 0.3 is 0 Å². The third kappa shape index (κ3) is 3.43. The van der Waals surface area contributed by atoms with E-state index < -0.39 is 0 Å². The third-order valence-corrected chi connectivity index (χ3v) is 3.04. The van der Waals surface area contributed by atoms with Crippen LogP contribution < -0.4 is 10.5 Å². The van der Waals surface area contributed by atoms with E-state index in [9.17, 15) is 4.79 Å². The number of anilines is 1. The van der Waals surface area contributed by atoms with Gasteiger partial charge in [0.1, 0.15) is 0 Å². The maximum absolute atomic E-state index is 12.0. The molecule has 0 spiro atoms. The van der Waals surface area contributed by atoms with Crippen molar-refractivity contribution in [1.82, 2.24) is 9.97 Å². The van der Waals surface area contributed by atoms with E-state index in [0.29, 0.717) is 29.8 Å². The molecule has 5 heteroatoms. The number of aryl methyl sites for hydroxylation is 2. The predicted molar refractivity (Wildman–Crippen MR) is 74.5 cm³/mol. The molecule has 0 atom stereocenters. The van der Waals surface area contributed by atoms with Gasteiger partial charge in [-0.2, -0.15) is 6.42 Å². The Hall–Kier alpha value is -0.736. The fraction of sp³-hybridized carbons (Fsp3) is 0.286. The second-order valence-corrected chi connectivity index (χ2v) is 4.46. The zero-order valence-corrected chi connectivity index (χ0v) is 14.2. The van der Waals surface area contributed by atoms with Crippen LogP contribution in [0, 0.1) is 27.8 Å². The van der Waals surface area contributed by atoms with Crippen LogP contribution in [0.3, 0.4) is 0 Å². The summed E-state index contributed by atoms with van der Waals surface area (Å²) < 4.78 is 0. The Bertz CT molecular complexity index is 636. The van der Waals surface area contributed by atoms with E-state index in [-0.39, 0.29) is 38.3 Å². The van der Waals surface area contributed by atoms with Crippen LogP contribution in [0.4, 0.5) is 5.95 Å². The van der Waals surface area contributed by atoms with E-state index >= 15 is 0 Å². The zero-order valence-electron chi connectivity index (χ0n) is 11.4. The van der Waals surface area contributed by atoms with Gasteiger partial charge in [0.05, 0.1) is 10.9 Å². The van der Waals surface area contributed by atoms with Gasteiger partial charge in [-0.25, -0.2) is 4.98 Å². The summed E-state index contributed by atoms with van der Waals surface area (Å²) in [6.07, 6.45) is 0.707. The van der Waals surface area contributed by atoms with E-state index in [4.69, 9.17) is 0 Å². The molecule has 2 aromatic rings. The van der Waals surface area contributed by atoms with E-state index in [2.05, 4.69) is 23.9 Å². The number of hydrogen-bond acceptors (Lipinski definition) is 3. The number of nitrogens with one attached hydrogen (secondary N) is 1. The quantitative estimate of drug-likeness (QED) is 0.878. The maximum atomic E-state index is 12.0. The van der Waals surface area contributed by atoms with E-state index in [1.54, 1.807) is 4.90 Å². The number of fused-ring (bicyclic) bond motifs is 1. The molecule has 4 nitrogen and oxygen atoms in total. The van der Waals surface area contributed by atoms with Gasteiger partial charge in [0.2, 0.25) is 0 Å². The van der Waals surface area contributed by atoms with E-state index in [1.165, 1.54) is 0 Å². The molecule has 19 heavy (non-hydrogen) atoms. The molecule has 0 saturated carbocycles. The molecule has 1 N–H and O–H groups in total. The third-order valence-electron chi connectivity index (χ3n) is 3.04. The van der Waals surface area contributed by atoms with Crippen molar-refractivity contribution in [2.45, 2.75) is 20.3 Å². The molecule has 0 fully saturated rings. The molecular weight excluding hydrogens is 315 g/mol. The first kappa shape index (κ1) is 16.3. The predicted octanol–water partition coefficient (Wildman–Crippen LogP) is 2.36. The summed E-state index contributed by atoms with van der Waals surface area (Å²) in [4.78, 5) is 20.8. The largest absolute Gasteiger partial charge is 0.497 e. The Morgan fingerprint density at radius 2 is 1.95 bits per heavy atom. The van der Waals surface area contributed by atoms with Crippen LogP contribution in [0.15, 0.2) is 16.9 Å². The molecule has 0 bridgehead atoms. The molecule has 0 saturated heterocycles. The van der Waals surface area contributed by atoms with Crippen LogP contribution in [0.25, 0.3) is 10.9 Å². The molecule has 0 aliphatic carbocycles. The molecule has 0 aliphatic rings. The standard InChI is InChI=1S/C14H17N3O.Y/c1-5-6-17(4)14-15-12-8-10(3)9(2)7-11(12)13(18)16-14;/h7-8H,1,4-6H2,2-3H3,(H,15,16,18);/q-2;. The number of benzene rings is 1.